The molecular formula is C12H14N6S. The van der Waals surface area contributed by atoms with E-state index in [-0.39, 0.29) is 0 Å². The van der Waals surface area contributed by atoms with Gasteiger partial charge in [0.05, 0.1) is 0 Å². The maximum absolute atomic E-state index is 4.39. The van der Waals surface area contributed by atoms with Crippen LogP contribution in [0.2, 0.25) is 0 Å². The highest BCUT2D eigenvalue weighted by Gasteiger charge is 2.10. The van der Waals surface area contributed by atoms with Crippen molar-refractivity contribution in [2.75, 3.05) is 0 Å². The van der Waals surface area contributed by atoms with Crippen LogP contribution in [-0.2, 0) is 6.54 Å². The number of imidazole rings is 1. The van der Waals surface area contributed by atoms with Gasteiger partial charge in [0.1, 0.15) is 11.4 Å². The summed E-state index contributed by atoms with van der Waals surface area (Å²) in [6.07, 6.45) is 6.42. The number of hydrogen-bond donors (Lipinski definition) is 0. The summed E-state index contributed by atoms with van der Waals surface area (Å²) in [5.41, 5.74) is 0.927. The van der Waals surface area contributed by atoms with Gasteiger partial charge in [-0.1, -0.05) is 6.92 Å². The second-order valence-corrected chi connectivity index (χ2v) is 5.20. The van der Waals surface area contributed by atoms with E-state index in [1.165, 1.54) is 6.33 Å². The van der Waals surface area contributed by atoms with E-state index in [2.05, 4.69) is 31.5 Å². The summed E-state index contributed by atoms with van der Waals surface area (Å²) in [5, 5.41) is 6.14. The number of aryl methyl sites for hydroxylation is 2. The fourth-order valence-corrected chi connectivity index (χ4v) is 2.89. The predicted octanol–water partition coefficient (Wildman–Crippen LogP) is 2.19. The van der Waals surface area contributed by atoms with E-state index in [0.717, 1.165) is 28.8 Å². The van der Waals surface area contributed by atoms with Crippen LogP contribution in [0.5, 0.6) is 0 Å². The Bertz CT molecular complexity index is 701. The molecule has 0 radical (unpaired) electrons. The molecule has 0 aliphatic rings. The lowest BCUT2D eigenvalue weighted by molar-refractivity contribution is 0.620. The molecule has 6 nitrogen and oxygen atoms in total. The van der Waals surface area contributed by atoms with Gasteiger partial charge in [-0.3, -0.25) is 0 Å². The normalized spacial score (nSPS) is 11.3. The van der Waals surface area contributed by atoms with Gasteiger partial charge < -0.3 is 4.57 Å². The first-order valence-electron chi connectivity index (χ1n) is 6.14. The third-order valence-electron chi connectivity index (χ3n) is 2.68. The summed E-state index contributed by atoms with van der Waals surface area (Å²) in [6, 6.07) is 2.00. The molecule has 98 valence electrons. The molecule has 3 aromatic heterocycles. The van der Waals surface area contributed by atoms with Crippen LogP contribution >= 0.6 is 11.8 Å². The third kappa shape index (κ3) is 2.33. The summed E-state index contributed by atoms with van der Waals surface area (Å²) in [7, 11) is 0. The van der Waals surface area contributed by atoms with E-state index in [9.17, 15) is 0 Å². The van der Waals surface area contributed by atoms with E-state index in [0.29, 0.717) is 5.78 Å². The van der Waals surface area contributed by atoms with Crippen LogP contribution in [0.3, 0.4) is 0 Å². The van der Waals surface area contributed by atoms with Crippen molar-refractivity contribution in [2.24, 2.45) is 0 Å². The van der Waals surface area contributed by atoms with Crippen LogP contribution in [0.1, 0.15) is 19.0 Å². The van der Waals surface area contributed by atoms with Crippen LogP contribution in [-0.4, -0.2) is 29.1 Å². The largest absolute Gasteiger partial charge is 0.326 e. The van der Waals surface area contributed by atoms with E-state index in [4.69, 9.17) is 0 Å². The average molecular weight is 274 g/mol. The molecule has 7 heteroatoms. The molecule has 0 spiro atoms. The van der Waals surface area contributed by atoms with Gasteiger partial charge >= 0.3 is 0 Å². The minimum atomic E-state index is 0.621. The molecule has 0 N–H and O–H groups in total. The Morgan fingerprint density at radius 3 is 3.05 bits per heavy atom. The van der Waals surface area contributed by atoms with E-state index in [1.54, 1.807) is 16.3 Å². The number of nitrogens with zero attached hydrogens (tertiary/aromatic N) is 6. The molecule has 0 aliphatic carbocycles. The van der Waals surface area contributed by atoms with Crippen molar-refractivity contribution in [1.82, 2.24) is 29.1 Å². The lowest BCUT2D eigenvalue weighted by atomic mass is 10.5. The van der Waals surface area contributed by atoms with Crippen molar-refractivity contribution in [3.8, 4) is 0 Å². The molecule has 0 bridgehead atoms. The Kier molecular flexibility index (Phi) is 3.20. The topological polar surface area (TPSA) is 60.9 Å². The lowest BCUT2D eigenvalue weighted by Gasteiger charge is -2.07. The Morgan fingerprint density at radius 1 is 1.32 bits per heavy atom. The van der Waals surface area contributed by atoms with Crippen molar-refractivity contribution >= 4 is 17.5 Å². The van der Waals surface area contributed by atoms with Crippen molar-refractivity contribution in [1.29, 1.82) is 0 Å². The maximum atomic E-state index is 4.39. The Labute approximate surface area is 114 Å². The van der Waals surface area contributed by atoms with Gasteiger partial charge in [0.25, 0.3) is 5.78 Å². The zero-order valence-corrected chi connectivity index (χ0v) is 11.6. The molecule has 0 fully saturated rings. The van der Waals surface area contributed by atoms with Crippen molar-refractivity contribution in [2.45, 2.75) is 37.0 Å². The van der Waals surface area contributed by atoms with Crippen molar-refractivity contribution in [3.63, 3.8) is 0 Å². The van der Waals surface area contributed by atoms with Gasteiger partial charge in [-0.2, -0.15) is 14.6 Å². The first-order chi connectivity index (χ1) is 9.28. The minimum Gasteiger partial charge on any atom is -0.326 e. The number of hydrogen-bond acceptors (Lipinski definition) is 5. The van der Waals surface area contributed by atoms with Crippen LogP contribution in [0, 0.1) is 6.92 Å². The molecule has 3 aromatic rings. The van der Waals surface area contributed by atoms with Crippen LogP contribution < -0.4 is 0 Å². The second-order valence-electron chi connectivity index (χ2n) is 4.21. The highest BCUT2D eigenvalue weighted by molar-refractivity contribution is 7.99. The monoisotopic (exact) mass is 274 g/mol. The molecule has 3 rings (SSSR count). The second kappa shape index (κ2) is 5.00. The molecule has 0 amide bonds. The molecular weight excluding hydrogens is 260 g/mol. The molecule has 0 saturated carbocycles. The van der Waals surface area contributed by atoms with Crippen LogP contribution in [0.15, 0.2) is 35.0 Å². The first-order valence-corrected chi connectivity index (χ1v) is 6.96. The van der Waals surface area contributed by atoms with Gasteiger partial charge in [0.2, 0.25) is 0 Å². The van der Waals surface area contributed by atoms with Gasteiger partial charge in [-0.25, -0.2) is 9.97 Å². The first kappa shape index (κ1) is 12.2. The van der Waals surface area contributed by atoms with Gasteiger partial charge in [-0.15, -0.1) is 0 Å². The summed E-state index contributed by atoms with van der Waals surface area (Å²) >= 11 is 1.58. The fraction of sp³-hybridized carbons (Fsp3) is 0.333. The van der Waals surface area contributed by atoms with E-state index >= 15 is 0 Å². The standard InChI is InChI=1S/C12H14N6S/c1-3-5-17-6-4-13-12(17)19-10-7-9(2)16-11-14-8-15-18(10)11/h4,6-8H,3,5H2,1-2H3. The van der Waals surface area contributed by atoms with Crippen molar-refractivity contribution < 1.29 is 0 Å². The summed E-state index contributed by atoms with van der Waals surface area (Å²) in [5.74, 6) is 0.621. The Morgan fingerprint density at radius 2 is 2.21 bits per heavy atom. The predicted molar refractivity (Wildman–Crippen MR) is 72.2 cm³/mol. The van der Waals surface area contributed by atoms with Gasteiger partial charge in [0.15, 0.2) is 5.16 Å². The molecule has 0 aliphatic heterocycles. The highest BCUT2D eigenvalue weighted by atomic mass is 32.2. The molecule has 0 saturated heterocycles. The average Bonchev–Trinajstić information content (AvgIpc) is 2.99. The smallest absolute Gasteiger partial charge is 0.253 e. The SMILES string of the molecule is CCCn1ccnc1Sc1cc(C)nc2ncnn12. The molecule has 0 unspecified atom stereocenters. The van der Waals surface area contributed by atoms with Crippen molar-refractivity contribution in [3.05, 3.63) is 30.5 Å². The van der Waals surface area contributed by atoms with E-state index < -0.39 is 0 Å². The zero-order chi connectivity index (χ0) is 13.2. The maximum Gasteiger partial charge on any atom is 0.253 e. The van der Waals surface area contributed by atoms with Crippen LogP contribution in [0.4, 0.5) is 0 Å². The number of fused-ring (bicyclic) bond motifs is 1. The zero-order valence-electron chi connectivity index (χ0n) is 10.8. The van der Waals surface area contributed by atoms with Crippen LogP contribution in [0.25, 0.3) is 5.78 Å². The lowest BCUT2D eigenvalue weighted by Crippen LogP contribution is -2.00. The fourth-order valence-electron chi connectivity index (χ4n) is 1.87. The quantitative estimate of drug-likeness (QED) is 0.682. The van der Waals surface area contributed by atoms with E-state index in [1.807, 2.05) is 25.4 Å². The summed E-state index contributed by atoms with van der Waals surface area (Å²) in [4.78, 5) is 12.9. The third-order valence-corrected chi connectivity index (χ3v) is 3.71. The minimum absolute atomic E-state index is 0.621. The molecule has 3 heterocycles. The number of rotatable bonds is 4. The summed E-state index contributed by atoms with van der Waals surface area (Å²) < 4.78 is 3.88. The number of aromatic nitrogens is 6. The Balaban J connectivity index is 2.00. The summed E-state index contributed by atoms with van der Waals surface area (Å²) in [6.45, 7) is 5.07. The molecule has 19 heavy (non-hydrogen) atoms. The molecule has 0 aromatic carbocycles. The molecule has 0 atom stereocenters. The Hall–Kier alpha value is -1.89. The van der Waals surface area contributed by atoms with Gasteiger partial charge in [0, 0.05) is 24.6 Å². The highest BCUT2D eigenvalue weighted by Crippen LogP contribution is 2.26. The van der Waals surface area contributed by atoms with Gasteiger partial charge in [-0.05, 0) is 31.2 Å².